The summed E-state index contributed by atoms with van der Waals surface area (Å²) in [5, 5.41) is 22.6. The molecule has 0 aliphatic carbocycles. The molecule has 0 fully saturated rings. The molecule has 1 unspecified atom stereocenters. The van der Waals surface area contributed by atoms with E-state index in [-0.39, 0.29) is 27.9 Å². The monoisotopic (exact) mass is 523 g/mol. The summed E-state index contributed by atoms with van der Waals surface area (Å²) in [5.41, 5.74) is -3.52. The lowest BCUT2D eigenvalue weighted by atomic mass is 10.1. The number of rotatable bonds is 5. The highest BCUT2D eigenvalue weighted by molar-refractivity contribution is 6.34. The van der Waals surface area contributed by atoms with Crippen LogP contribution in [0.4, 0.5) is 17.6 Å². The number of carboxylic acid groups (broad SMARTS) is 1. The summed E-state index contributed by atoms with van der Waals surface area (Å²) in [5.74, 6) is -3.68. The summed E-state index contributed by atoms with van der Waals surface area (Å²) in [6.45, 7) is 0. The number of halogens is 5. The number of pyridine rings is 1. The van der Waals surface area contributed by atoms with E-state index in [9.17, 15) is 37.4 Å². The van der Waals surface area contributed by atoms with Crippen LogP contribution in [0.1, 0.15) is 38.1 Å². The normalized spacial score (nSPS) is 12.6. The van der Waals surface area contributed by atoms with Crippen molar-refractivity contribution in [1.82, 2.24) is 14.8 Å². The highest BCUT2D eigenvalue weighted by Crippen LogP contribution is 2.37. The molecule has 4 aromatic rings. The van der Waals surface area contributed by atoms with Crippen LogP contribution >= 0.6 is 11.6 Å². The average molecular weight is 524 g/mol. The molecule has 2 N–H and O–H groups in total. The van der Waals surface area contributed by atoms with E-state index >= 15 is 0 Å². The van der Waals surface area contributed by atoms with Crippen LogP contribution in [0.3, 0.4) is 0 Å². The maximum absolute atomic E-state index is 15.0. The van der Waals surface area contributed by atoms with Crippen molar-refractivity contribution in [3.8, 4) is 11.3 Å². The summed E-state index contributed by atoms with van der Waals surface area (Å²) in [4.78, 5) is 28.8. The molecule has 0 radical (unpaired) electrons. The number of aliphatic hydroxyl groups excluding tert-OH is 1. The van der Waals surface area contributed by atoms with Crippen molar-refractivity contribution in [2.24, 2.45) is 0 Å². The number of carbonyl (C=O) groups excluding carboxylic acids is 1. The first-order chi connectivity index (χ1) is 16.9. The number of alkyl halides is 3. The van der Waals surface area contributed by atoms with Gasteiger partial charge in [0.25, 0.3) is 5.91 Å². The number of nitrogens with zero attached hydrogens (tertiary/aromatic N) is 3. The summed E-state index contributed by atoms with van der Waals surface area (Å²) in [6.07, 6.45) is -5.44. The van der Waals surface area contributed by atoms with Gasteiger partial charge >= 0.3 is 12.1 Å². The van der Waals surface area contributed by atoms with E-state index in [1.807, 2.05) is 0 Å². The van der Waals surface area contributed by atoms with Crippen molar-refractivity contribution in [2.75, 3.05) is 7.11 Å². The molecule has 4 rings (SSSR count). The second-order valence-corrected chi connectivity index (χ2v) is 7.86. The maximum atomic E-state index is 15.0. The Balaban J connectivity index is 1.99. The van der Waals surface area contributed by atoms with E-state index in [1.54, 1.807) is 0 Å². The fourth-order valence-corrected chi connectivity index (χ4v) is 3.80. The van der Waals surface area contributed by atoms with Gasteiger partial charge in [0.1, 0.15) is 17.0 Å². The fourth-order valence-electron chi connectivity index (χ4n) is 3.55. The Kier molecular flexibility index (Phi) is 6.52. The molecular weight excluding hydrogens is 510 g/mol. The van der Waals surface area contributed by atoms with E-state index in [4.69, 9.17) is 16.3 Å². The van der Waals surface area contributed by atoms with Gasteiger partial charge in [0.15, 0.2) is 6.29 Å². The Hall–Kier alpha value is -3.87. The first-order valence-corrected chi connectivity index (χ1v) is 10.3. The second kappa shape index (κ2) is 9.30. The van der Waals surface area contributed by atoms with Gasteiger partial charge in [-0.05, 0) is 30.3 Å². The molecule has 2 aromatic carbocycles. The number of aliphatic hydroxyl groups is 1. The SMILES string of the molecule is COC(O)c1ccc(-c2nn(C(=O)c3c(Cl)cccc3C(F)(F)F)c3cc(C(=O)O)cnc23)c(F)c1. The van der Waals surface area contributed by atoms with Gasteiger partial charge in [0.05, 0.1) is 27.2 Å². The molecular formula is C23H14ClF4N3O5. The third-order valence-electron chi connectivity index (χ3n) is 5.25. The van der Waals surface area contributed by atoms with Gasteiger partial charge in [-0.2, -0.15) is 23.0 Å². The molecule has 36 heavy (non-hydrogen) atoms. The highest BCUT2D eigenvalue weighted by atomic mass is 35.5. The Morgan fingerprint density at radius 1 is 1.17 bits per heavy atom. The Morgan fingerprint density at radius 3 is 2.50 bits per heavy atom. The Bertz CT molecular complexity index is 1520. The fraction of sp³-hybridized carbons (Fsp3) is 0.130. The van der Waals surface area contributed by atoms with Crippen molar-refractivity contribution < 1.29 is 42.1 Å². The molecule has 8 nitrogen and oxygen atoms in total. The number of benzene rings is 2. The molecule has 0 bridgehead atoms. The summed E-state index contributed by atoms with van der Waals surface area (Å²) >= 11 is 5.96. The minimum Gasteiger partial charge on any atom is -0.478 e. The van der Waals surface area contributed by atoms with Gasteiger partial charge in [-0.3, -0.25) is 9.78 Å². The Morgan fingerprint density at radius 2 is 1.89 bits per heavy atom. The number of fused-ring (bicyclic) bond motifs is 1. The van der Waals surface area contributed by atoms with E-state index in [2.05, 4.69) is 10.1 Å². The van der Waals surface area contributed by atoms with Gasteiger partial charge < -0.3 is 14.9 Å². The minimum absolute atomic E-state index is 0.0607. The van der Waals surface area contributed by atoms with Gasteiger partial charge in [0, 0.05) is 24.4 Å². The lowest BCUT2D eigenvalue weighted by molar-refractivity contribution is -0.137. The molecule has 1 atom stereocenters. The minimum atomic E-state index is -4.95. The van der Waals surface area contributed by atoms with Crippen LogP contribution in [-0.4, -0.2) is 44.0 Å². The van der Waals surface area contributed by atoms with Crippen molar-refractivity contribution in [3.05, 3.63) is 81.8 Å². The number of carbonyl (C=O) groups is 2. The van der Waals surface area contributed by atoms with Crippen LogP contribution < -0.4 is 0 Å². The molecule has 0 amide bonds. The van der Waals surface area contributed by atoms with Crippen LogP contribution in [0.15, 0.2) is 48.7 Å². The molecule has 186 valence electrons. The zero-order valence-corrected chi connectivity index (χ0v) is 18.8. The zero-order chi connectivity index (χ0) is 26.4. The third kappa shape index (κ3) is 4.41. The van der Waals surface area contributed by atoms with Gasteiger partial charge in [-0.15, -0.1) is 0 Å². The maximum Gasteiger partial charge on any atom is 0.417 e. The number of hydrogen-bond acceptors (Lipinski definition) is 6. The van der Waals surface area contributed by atoms with Crippen molar-refractivity contribution in [2.45, 2.75) is 12.5 Å². The number of aromatic carboxylic acids is 1. The van der Waals surface area contributed by atoms with Crippen molar-refractivity contribution in [1.29, 1.82) is 0 Å². The lowest BCUT2D eigenvalue weighted by Gasteiger charge is -2.13. The van der Waals surface area contributed by atoms with Crippen LogP contribution in [0, 0.1) is 5.82 Å². The quantitative estimate of drug-likeness (QED) is 0.281. The average Bonchev–Trinajstić information content (AvgIpc) is 3.21. The van der Waals surface area contributed by atoms with Gasteiger partial charge in [-0.25, -0.2) is 9.18 Å². The summed E-state index contributed by atoms with van der Waals surface area (Å²) in [6, 6.07) is 7.18. The smallest absolute Gasteiger partial charge is 0.417 e. The van der Waals surface area contributed by atoms with Crippen LogP contribution in [-0.2, 0) is 10.9 Å². The third-order valence-corrected chi connectivity index (χ3v) is 5.56. The van der Waals surface area contributed by atoms with Crippen LogP contribution in [0.25, 0.3) is 22.3 Å². The topological polar surface area (TPSA) is 115 Å². The predicted molar refractivity (Wildman–Crippen MR) is 118 cm³/mol. The number of methoxy groups -OCH3 is 1. The summed E-state index contributed by atoms with van der Waals surface area (Å²) < 4.78 is 61.1. The number of hydrogen-bond donors (Lipinski definition) is 2. The molecule has 2 aromatic heterocycles. The largest absolute Gasteiger partial charge is 0.478 e. The standard InChI is InChI=1S/C23H14ClF4N3O5/c1-36-22(35)10-5-6-12(15(25)7-10)18-19-16(8-11(9-29-19)21(33)34)31(30-18)20(32)17-13(23(26,27)28)3-2-4-14(17)24/h2-9,22,35H,1H3,(H,33,34). The van der Waals surface area contributed by atoms with Crippen molar-refractivity contribution in [3.63, 3.8) is 0 Å². The van der Waals surface area contributed by atoms with E-state index in [1.165, 1.54) is 19.2 Å². The number of ether oxygens (including phenoxy) is 1. The highest BCUT2D eigenvalue weighted by Gasteiger charge is 2.37. The first-order valence-electron chi connectivity index (χ1n) is 9.97. The molecule has 0 aliphatic heterocycles. The number of aromatic nitrogens is 3. The first kappa shape index (κ1) is 25.2. The zero-order valence-electron chi connectivity index (χ0n) is 18.0. The molecule has 0 saturated carbocycles. The number of carboxylic acids is 1. The molecule has 0 spiro atoms. The Labute approximate surface area is 204 Å². The van der Waals surface area contributed by atoms with E-state index in [0.717, 1.165) is 30.5 Å². The van der Waals surface area contributed by atoms with Gasteiger partial charge in [-0.1, -0.05) is 23.7 Å². The molecule has 0 saturated heterocycles. The van der Waals surface area contributed by atoms with E-state index < -0.39 is 51.9 Å². The predicted octanol–water partition coefficient (Wildman–Crippen LogP) is 4.93. The lowest BCUT2D eigenvalue weighted by Crippen LogP contribution is -2.20. The van der Waals surface area contributed by atoms with E-state index in [0.29, 0.717) is 10.7 Å². The second-order valence-electron chi connectivity index (χ2n) is 7.45. The summed E-state index contributed by atoms with van der Waals surface area (Å²) in [7, 11) is 1.20. The van der Waals surface area contributed by atoms with Gasteiger partial charge in [0.2, 0.25) is 0 Å². The molecule has 13 heteroatoms. The molecule has 2 heterocycles. The van der Waals surface area contributed by atoms with Crippen LogP contribution in [0.5, 0.6) is 0 Å². The van der Waals surface area contributed by atoms with Crippen molar-refractivity contribution >= 4 is 34.5 Å². The van der Waals surface area contributed by atoms with Crippen LogP contribution in [0.2, 0.25) is 5.02 Å². The molecule has 0 aliphatic rings.